The maximum absolute atomic E-state index is 12.3. The van der Waals surface area contributed by atoms with Gasteiger partial charge < -0.3 is 10.2 Å². The van der Waals surface area contributed by atoms with Gasteiger partial charge in [0.05, 0.1) is 12.1 Å². The van der Waals surface area contributed by atoms with Gasteiger partial charge in [-0.3, -0.25) is 19.4 Å². The monoisotopic (exact) mass is 519 g/mol. The summed E-state index contributed by atoms with van der Waals surface area (Å²) in [7, 11) is 1.67. The minimum Gasteiger partial charge on any atom is -0.352 e. The fourth-order valence-electron chi connectivity index (χ4n) is 3.45. The average Bonchev–Trinajstić information content (AvgIpc) is 2.93. The summed E-state index contributed by atoms with van der Waals surface area (Å²) in [4.78, 5) is 41.8. The molecule has 1 rings (SSSR count). The molecule has 2 amide bonds. The first-order valence-electron chi connectivity index (χ1n) is 13.7. The van der Waals surface area contributed by atoms with Crippen molar-refractivity contribution < 1.29 is 14.4 Å². The molecule has 38 heavy (non-hydrogen) atoms. The number of nitrogens with zero attached hydrogens (tertiary/aromatic N) is 2. The van der Waals surface area contributed by atoms with Gasteiger partial charge in [0.25, 0.3) is 5.91 Å². The van der Waals surface area contributed by atoms with Gasteiger partial charge in [-0.15, -0.1) is 0 Å². The van der Waals surface area contributed by atoms with E-state index in [4.69, 9.17) is 0 Å². The zero-order valence-electron chi connectivity index (χ0n) is 23.2. The minimum absolute atomic E-state index is 0.00527. The third kappa shape index (κ3) is 17.8. The van der Waals surface area contributed by atoms with Gasteiger partial charge in [0.1, 0.15) is 0 Å². The lowest BCUT2D eigenvalue weighted by Gasteiger charge is -2.16. The minimum atomic E-state index is -0.203. The molecule has 1 heterocycles. The van der Waals surface area contributed by atoms with Gasteiger partial charge in [-0.05, 0) is 63.5 Å². The van der Waals surface area contributed by atoms with Crippen molar-refractivity contribution >= 4 is 17.6 Å². The van der Waals surface area contributed by atoms with Crippen molar-refractivity contribution in [2.75, 3.05) is 20.1 Å². The Hall–Kier alpha value is -3.54. The quantitative estimate of drug-likeness (QED) is 0.157. The van der Waals surface area contributed by atoms with E-state index in [1.165, 1.54) is 11.1 Å². The molecule has 6 heteroatoms. The molecule has 0 fully saturated rings. The molecule has 0 aromatic carbocycles. The van der Waals surface area contributed by atoms with Crippen molar-refractivity contribution in [1.82, 2.24) is 15.2 Å². The highest BCUT2D eigenvalue weighted by Gasteiger charge is 2.12. The Bertz CT molecular complexity index is 946. The second-order valence-electron chi connectivity index (χ2n) is 8.99. The molecule has 0 aliphatic carbocycles. The van der Waals surface area contributed by atoms with E-state index in [0.717, 1.165) is 44.9 Å². The molecule has 0 saturated carbocycles. The standard InChI is InChI=1S/C32H45N3O3/c1-3-4-5-6-7-8-9-10-11-12-13-14-15-16-17-18-19-24-31(37)35(2)28-30(36)23-21-26-34-32(38)29-22-20-25-33-27-29/h4-5,7-8,10-11,13-14,16-17,20,22,25,27H,3,6,9,12,15,18-19,21,23-24,26,28H2,1-2H3,(H,34,38)/b5-4-,8-7-,11-10-,14-13-,17-16-. The molecule has 0 bridgehead atoms. The Morgan fingerprint density at radius 1 is 0.842 bits per heavy atom. The number of hydrogen-bond donors (Lipinski definition) is 1. The van der Waals surface area contributed by atoms with E-state index in [1.807, 2.05) is 0 Å². The molecular formula is C32H45N3O3. The van der Waals surface area contributed by atoms with Gasteiger partial charge in [0.2, 0.25) is 5.91 Å². The summed E-state index contributed by atoms with van der Waals surface area (Å²) < 4.78 is 0. The van der Waals surface area contributed by atoms with Gasteiger partial charge in [0, 0.05) is 38.8 Å². The van der Waals surface area contributed by atoms with Crippen molar-refractivity contribution in [3.05, 3.63) is 90.9 Å². The highest BCUT2D eigenvalue weighted by molar-refractivity contribution is 5.93. The Kier molecular flexibility index (Phi) is 19.4. The summed E-state index contributed by atoms with van der Waals surface area (Å²) in [5.74, 6) is -0.227. The molecule has 6 nitrogen and oxygen atoms in total. The first-order chi connectivity index (χ1) is 18.5. The van der Waals surface area contributed by atoms with Crippen molar-refractivity contribution in [2.24, 2.45) is 0 Å². The first kappa shape index (κ1) is 32.5. The highest BCUT2D eigenvalue weighted by atomic mass is 16.2. The molecule has 0 spiro atoms. The van der Waals surface area contributed by atoms with Crippen molar-refractivity contribution in [3.8, 4) is 0 Å². The van der Waals surface area contributed by atoms with Crippen LogP contribution in [-0.4, -0.2) is 47.6 Å². The van der Waals surface area contributed by atoms with Crippen LogP contribution >= 0.6 is 0 Å². The topological polar surface area (TPSA) is 79.4 Å². The largest absolute Gasteiger partial charge is 0.352 e. The predicted molar refractivity (Wildman–Crippen MR) is 157 cm³/mol. The van der Waals surface area contributed by atoms with Crippen molar-refractivity contribution in [2.45, 2.75) is 71.1 Å². The molecule has 0 aliphatic rings. The molecule has 0 aliphatic heterocycles. The molecule has 0 atom stereocenters. The second kappa shape index (κ2) is 22.6. The van der Waals surface area contributed by atoms with E-state index in [-0.39, 0.29) is 24.1 Å². The maximum Gasteiger partial charge on any atom is 0.252 e. The number of nitrogens with one attached hydrogen (secondary N) is 1. The lowest BCUT2D eigenvalue weighted by Crippen LogP contribution is -2.32. The fraction of sp³-hybridized carbons (Fsp3) is 0.438. The number of Topliss-reactive ketones (excluding diaryl/α,β-unsaturated/α-hetero) is 1. The van der Waals surface area contributed by atoms with Crippen molar-refractivity contribution in [1.29, 1.82) is 0 Å². The van der Waals surface area contributed by atoms with E-state index in [2.05, 4.69) is 78.0 Å². The number of amides is 2. The van der Waals surface area contributed by atoms with Crippen LogP contribution in [0.15, 0.2) is 85.3 Å². The molecule has 206 valence electrons. The number of ketones is 1. The Morgan fingerprint density at radius 2 is 1.45 bits per heavy atom. The van der Waals surface area contributed by atoms with E-state index < -0.39 is 0 Å². The lowest BCUT2D eigenvalue weighted by molar-refractivity contribution is -0.134. The summed E-state index contributed by atoms with van der Waals surface area (Å²) >= 11 is 0. The number of pyridine rings is 1. The SMILES string of the molecule is CC/C=C\C/C=C\C/C=C\C/C=C\C/C=C\CCCC(=O)N(C)CC(=O)CCCNC(=O)c1cccnc1. The zero-order chi connectivity index (χ0) is 27.7. The summed E-state index contributed by atoms with van der Waals surface area (Å²) in [6.07, 6.45) is 32.6. The zero-order valence-corrected chi connectivity index (χ0v) is 23.2. The van der Waals surface area contributed by atoms with Crippen LogP contribution in [0.2, 0.25) is 0 Å². The van der Waals surface area contributed by atoms with Gasteiger partial charge in [0.15, 0.2) is 5.78 Å². The number of allylic oxidation sites excluding steroid dienone is 10. The first-order valence-corrected chi connectivity index (χ1v) is 13.7. The maximum atomic E-state index is 12.3. The van der Waals surface area contributed by atoms with Gasteiger partial charge in [-0.1, -0.05) is 67.7 Å². The van der Waals surface area contributed by atoms with E-state index in [9.17, 15) is 14.4 Å². The second-order valence-corrected chi connectivity index (χ2v) is 8.99. The van der Waals surface area contributed by atoms with Crippen LogP contribution in [-0.2, 0) is 9.59 Å². The van der Waals surface area contributed by atoms with E-state index in [0.29, 0.717) is 31.4 Å². The predicted octanol–water partition coefficient (Wildman–Crippen LogP) is 6.54. The Balaban J connectivity index is 2.04. The third-order valence-corrected chi connectivity index (χ3v) is 5.60. The van der Waals surface area contributed by atoms with Gasteiger partial charge in [-0.2, -0.15) is 0 Å². The van der Waals surface area contributed by atoms with Crippen LogP contribution in [0.25, 0.3) is 0 Å². The number of aromatic nitrogens is 1. The van der Waals surface area contributed by atoms with Gasteiger partial charge in [-0.25, -0.2) is 0 Å². The molecular weight excluding hydrogens is 474 g/mol. The summed E-state index contributed by atoms with van der Waals surface area (Å²) in [5.41, 5.74) is 0.494. The molecule has 0 unspecified atom stereocenters. The third-order valence-electron chi connectivity index (χ3n) is 5.60. The van der Waals surface area contributed by atoms with Crippen LogP contribution in [0.1, 0.15) is 81.5 Å². The highest BCUT2D eigenvalue weighted by Crippen LogP contribution is 2.03. The lowest BCUT2D eigenvalue weighted by atomic mass is 10.1. The fourth-order valence-corrected chi connectivity index (χ4v) is 3.45. The Labute approximate surface area is 229 Å². The summed E-state index contributed by atoms with van der Waals surface area (Å²) in [6, 6.07) is 3.39. The van der Waals surface area contributed by atoms with E-state index >= 15 is 0 Å². The number of carbonyl (C=O) groups excluding carboxylic acids is 3. The number of carbonyl (C=O) groups is 3. The molecule has 1 N–H and O–H groups in total. The molecule has 0 saturated heterocycles. The van der Waals surface area contributed by atoms with Gasteiger partial charge >= 0.3 is 0 Å². The number of rotatable bonds is 20. The van der Waals surface area contributed by atoms with Crippen LogP contribution in [0.3, 0.4) is 0 Å². The smallest absolute Gasteiger partial charge is 0.252 e. The number of likely N-dealkylation sites (N-methyl/N-ethyl adjacent to an activating group) is 1. The van der Waals surface area contributed by atoms with Crippen LogP contribution in [0.4, 0.5) is 0 Å². The number of hydrogen-bond acceptors (Lipinski definition) is 4. The van der Waals surface area contributed by atoms with Crippen LogP contribution < -0.4 is 5.32 Å². The van der Waals surface area contributed by atoms with Crippen LogP contribution in [0, 0.1) is 0 Å². The van der Waals surface area contributed by atoms with Crippen molar-refractivity contribution in [3.63, 3.8) is 0 Å². The molecule has 0 radical (unpaired) electrons. The molecule has 1 aromatic rings. The van der Waals surface area contributed by atoms with E-state index in [1.54, 1.807) is 25.4 Å². The summed E-state index contributed by atoms with van der Waals surface area (Å²) in [6.45, 7) is 2.66. The normalized spacial score (nSPS) is 11.9. The summed E-state index contributed by atoms with van der Waals surface area (Å²) in [5, 5.41) is 2.78. The van der Waals surface area contributed by atoms with Crippen LogP contribution in [0.5, 0.6) is 0 Å². The Morgan fingerprint density at radius 3 is 2.03 bits per heavy atom. The number of unbranched alkanes of at least 4 members (excludes halogenated alkanes) is 1. The average molecular weight is 520 g/mol. The molecule has 1 aromatic heterocycles.